The minimum absolute atomic E-state index is 0.122. The van der Waals surface area contributed by atoms with Crippen molar-refractivity contribution in [1.82, 2.24) is 9.97 Å². The summed E-state index contributed by atoms with van der Waals surface area (Å²) in [4.78, 5) is 46.2. The van der Waals surface area contributed by atoms with Gasteiger partial charge in [-0.05, 0) is 49.1 Å². The summed E-state index contributed by atoms with van der Waals surface area (Å²) in [5, 5.41) is 12.0. The SMILES string of the molecule is CCOC(=O)C1CCN(c2ncnc(Oc3ccc4c(c3)C(=O)c3ccccc3-4)c2[N+](=O)[O-])CC1. The summed E-state index contributed by atoms with van der Waals surface area (Å²) in [6.45, 7) is 2.89. The minimum atomic E-state index is -0.573. The van der Waals surface area contributed by atoms with Crippen LogP contribution in [0.4, 0.5) is 11.5 Å². The Hall–Kier alpha value is -4.34. The normalized spacial score (nSPS) is 14.9. The van der Waals surface area contributed by atoms with Crippen molar-refractivity contribution in [1.29, 1.82) is 0 Å². The Balaban J connectivity index is 1.40. The van der Waals surface area contributed by atoms with Crippen LogP contribution in [-0.4, -0.2) is 46.3 Å². The Morgan fingerprint density at radius 1 is 1.09 bits per heavy atom. The first-order valence-corrected chi connectivity index (χ1v) is 11.3. The van der Waals surface area contributed by atoms with Crippen molar-refractivity contribution in [2.75, 3.05) is 24.6 Å². The molecule has 35 heavy (non-hydrogen) atoms. The number of carbonyl (C=O) groups excluding carboxylic acids is 2. The first-order valence-electron chi connectivity index (χ1n) is 11.3. The molecule has 0 saturated carbocycles. The predicted molar refractivity (Wildman–Crippen MR) is 126 cm³/mol. The molecule has 1 aliphatic carbocycles. The summed E-state index contributed by atoms with van der Waals surface area (Å²) in [6, 6.07) is 12.3. The zero-order valence-electron chi connectivity index (χ0n) is 19.0. The second-order valence-corrected chi connectivity index (χ2v) is 8.31. The van der Waals surface area contributed by atoms with Crippen molar-refractivity contribution in [3.05, 3.63) is 70.0 Å². The van der Waals surface area contributed by atoms with Crippen molar-refractivity contribution in [2.24, 2.45) is 5.92 Å². The lowest BCUT2D eigenvalue weighted by molar-refractivity contribution is -0.385. The molecule has 2 heterocycles. The second-order valence-electron chi connectivity index (χ2n) is 8.31. The van der Waals surface area contributed by atoms with Crippen molar-refractivity contribution < 1.29 is 24.0 Å². The summed E-state index contributed by atoms with van der Waals surface area (Å²) in [5.41, 5.74) is 2.36. The van der Waals surface area contributed by atoms with Gasteiger partial charge in [-0.25, -0.2) is 4.98 Å². The lowest BCUT2D eigenvalue weighted by Crippen LogP contribution is -2.37. The molecule has 0 unspecified atom stereocenters. The fraction of sp³-hybridized carbons (Fsp3) is 0.280. The molecule has 0 radical (unpaired) electrons. The molecule has 10 heteroatoms. The van der Waals surface area contributed by atoms with Crippen molar-refractivity contribution in [2.45, 2.75) is 19.8 Å². The van der Waals surface area contributed by atoms with Crippen molar-refractivity contribution in [3.8, 4) is 22.8 Å². The van der Waals surface area contributed by atoms with Crippen LogP contribution in [0.15, 0.2) is 48.8 Å². The summed E-state index contributed by atoms with van der Waals surface area (Å²) in [6.07, 6.45) is 2.22. The van der Waals surface area contributed by atoms with Gasteiger partial charge in [-0.15, -0.1) is 0 Å². The molecule has 0 spiro atoms. The van der Waals surface area contributed by atoms with Crippen molar-refractivity contribution >= 4 is 23.3 Å². The number of nitrogens with zero attached hydrogens (tertiary/aromatic N) is 4. The molecular formula is C25H22N4O6. The van der Waals surface area contributed by atoms with Gasteiger partial charge in [0.05, 0.1) is 17.4 Å². The number of carbonyl (C=O) groups is 2. The number of nitro groups is 1. The van der Waals surface area contributed by atoms with E-state index in [9.17, 15) is 19.7 Å². The third kappa shape index (κ3) is 4.07. The number of anilines is 1. The molecule has 1 aliphatic heterocycles. The summed E-state index contributed by atoms with van der Waals surface area (Å²) in [7, 11) is 0. The van der Waals surface area contributed by atoms with Crippen LogP contribution in [0.25, 0.3) is 11.1 Å². The molecule has 5 rings (SSSR count). The average Bonchev–Trinajstić information content (AvgIpc) is 3.15. The maximum Gasteiger partial charge on any atom is 0.373 e. The van der Waals surface area contributed by atoms with E-state index in [1.807, 2.05) is 12.1 Å². The number of ether oxygens (including phenoxy) is 2. The lowest BCUT2D eigenvalue weighted by Gasteiger charge is -2.31. The van der Waals surface area contributed by atoms with Gasteiger partial charge in [0.15, 0.2) is 5.78 Å². The average molecular weight is 474 g/mol. The van der Waals surface area contributed by atoms with Gasteiger partial charge in [0, 0.05) is 24.2 Å². The number of aromatic nitrogens is 2. The Morgan fingerprint density at radius 3 is 2.51 bits per heavy atom. The number of ketones is 1. The fourth-order valence-electron chi connectivity index (χ4n) is 4.59. The monoisotopic (exact) mass is 474 g/mol. The third-order valence-electron chi connectivity index (χ3n) is 6.28. The van der Waals surface area contributed by atoms with Gasteiger partial charge in [-0.1, -0.05) is 24.3 Å². The van der Waals surface area contributed by atoms with E-state index in [-0.39, 0.29) is 40.8 Å². The molecule has 2 aliphatic rings. The third-order valence-corrected chi connectivity index (χ3v) is 6.28. The molecule has 3 aromatic rings. The van der Waals surface area contributed by atoms with Crippen molar-refractivity contribution in [3.63, 3.8) is 0 Å². The number of hydrogen-bond donors (Lipinski definition) is 0. The van der Waals surface area contributed by atoms with E-state index in [2.05, 4.69) is 9.97 Å². The Bertz CT molecular complexity index is 1330. The zero-order chi connectivity index (χ0) is 24.5. The maximum absolute atomic E-state index is 12.8. The van der Waals surface area contributed by atoms with E-state index in [4.69, 9.17) is 9.47 Å². The highest BCUT2D eigenvalue weighted by Crippen LogP contribution is 2.41. The van der Waals surface area contributed by atoms with Gasteiger partial charge in [0.25, 0.3) is 0 Å². The van der Waals surface area contributed by atoms with Gasteiger partial charge in [-0.3, -0.25) is 19.7 Å². The highest BCUT2D eigenvalue weighted by atomic mass is 16.6. The molecular weight excluding hydrogens is 452 g/mol. The summed E-state index contributed by atoms with van der Waals surface area (Å²) >= 11 is 0. The van der Waals surface area contributed by atoms with E-state index in [0.717, 1.165) is 11.1 Å². The molecule has 178 valence electrons. The Morgan fingerprint density at radius 2 is 1.80 bits per heavy atom. The Labute approximate surface area is 200 Å². The van der Waals surface area contributed by atoms with Crippen LogP contribution in [0.5, 0.6) is 11.6 Å². The van der Waals surface area contributed by atoms with Gasteiger partial charge < -0.3 is 14.4 Å². The second kappa shape index (κ2) is 9.13. The number of rotatable bonds is 6. The highest BCUT2D eigenvalue weighted by molar-refractivity contribution is 6.21. The van der Waals surface area contributed by atoms with Crippen LogP contribution in [0, 0.1) is 16.0 Å². The van der Waals surface area contributed by atoms with Crippen LogP contribution in [0.1, 0.15) is 35.7 Å². The molecule has 1 fully saturated rings. The standard InChI is InChI=1S/C25H22N4O6/c1-2-34-25(31)15-9-11-28(12-10-15)23-21(29(32)33)24(27-14-26-23)35-16-7-8-18-17-5-3-4-6-19(17)22(30)20(18)13-16/h3-8,13-15H,2,9-12H2,1H3. The summed E-state index contributed by atoms with van der Waals surface area (Å²) in [5.74, 6) is -0.429. The van der Waals surface area contributed by atoms with E-state index in [1.54, 1.807) is 42.2 Å². The Kier molecular flexibility index (Phi) is 5.86. The van der Waals surface area contributed by atoms with E-state index >= 15 is 0 Å². The van der Waals surface area contributed by atoms with Gasteiger partial charge >= 0.3 is 17.5 Å². The fourth-order valence-corrected chi connectivity index (χ4v) is 4.59. The van der Waals surface area contributed by atoms with E-state index in [0.29, 0.717) is 43.7 Å². The maximum atomic E-state index is 12.8. The van der Waals surface area contributed by atoms with Crippen LogP contribution in [0.3, 0.4) is 0 Å². The predicted octanol–water partition coefficient (Wildman–Crippen LogP) is 4.17. The topological polar surface area (TPSA) is 125 Å². The molecule has 0 N–H and O–H groups in total. The quantitative estimate of drug-likeness (QED) is 0.230. The molecule has 0 atom stereocenters. The number of benzene rings is 2. The molecule has 1 saturated heterocycles. The lowest BCUT2D eigenvalue weighted by atomic mass is 9.97. The van der Waals surface area contributed by atoms with E-state index < -0.39 is 4.92 Å². The van der Waals surface area contributed by atoms with Gasteiger partial charge in [0.2, 0.25) is 5.82 Å². The van der Waals surface area contributed by atoms with Gasteiger partial charge in [-0.2, -0.15) is 4.98 Å². The molecule has 10 nitrogen and oxygen atoms in total. The van der Waals surface area contributed by atoms with Crippen LogP contribution in [-0.2, 0) is 9.53 Å². The smallest absolute Gasteiger partial charge is 0.373 e. The number of hydrogen-bond acceptors (Lipinski definition) is 9. The largest absolute Gasteiger partial charge is 0.466 e. The first-order chi connectivity index (χ1) is 17.0. The zero-order valence-corrected chi connectivity index (χ0v) is 19.0. The number of esters is 1. The van der Waals surface area contributed by atoms with E-state index in [1.165, 1.54) is 6.33 Å². The van der Waals surface area contributed by atoms with Gasteiger partial charge in [0.1, 0.15) is 12.1 Å². The number of piperidine rings is 1. The molecule has 2 aromatic carbocycles. The highest BCUT2D eigenvalue weighted by Gasteiger charge is 2.33. The van der Waals surface area contributed by atoms with Crippen LogP contribution in [0.2, 0.25) is 0 Å². The summed E-state index contributed by atoms with van der Waals surface area (Å²) < 4.78 is 10.9. The minimum Gasteiger partial charge on any atom is -0.466 e. The van der Waals surface area contributed by atoms with Crippen LogP contribution >= 0.6 is 0 Å². The molecule has 0 bridgehead atoms. The molecule has 1 aromatic heterocycles. The molecule has 0 amide bonds. The first kappa shape index (κ1) is 22.5. The number of fused-ring (bicyclic) bond motifs is 3. The van der Waals surface area contributed by atoms with Crippen LogP contribution < -0.4 is 9.64 Å².